The highest BCUT2D eigenvalue weighted by molar-refractivity contribution is 6.35. The molecule has 33 heavy (non-hydrogen) atoms. The highest BCUT2D eigenvalue weighted by Gasteiger charge is 2.10. The molecular weight excluding hydrogens is 465 g/mol. The van der Waals surface area contributed by atoms with Crippen LogP contribution >= 0.6 is 23.2 Å². The fourth-order valence-corrected chi connectivity index (χ4v) is 3.44. The second-order valence-corrected chi connectivity index (χ2v) is 7.84. The molecular formula is C23H19Cl2N5O3. The summed E-state index contributed by atoms with van der Waals surface area (Å²) in [7, 11) is 0. The van der Waals surface area contributed by atoms with Crippen LogP contribution in [0.15, 0.2) is 60.9 Å². The van der Waals surface area contributed by atoms with Crippen molar-refractivity contribution in [1.82, 2.24) is 19.5 Å². The molecule has 1 amide bonds. The fourth-order valence-electron chi connectivity index (χ4n) is 2.98. The molecule has 0 spiro atoms. The minimum Gasteiger partial charge on any atom is -0.482 e. The molecule has 0 aliphatic carbocycles. The number of rotatable bonds is 7. The van der Waals surface area contributed by atoms with Gasteiger partial charge in [-0.15, -0.1) is 0 Å². The first kappa shape index (κ1) is 22.6. The Labute approximate surface area is 200 Å². The zero-order valence-electron chi connectivity index (χ0n) is 17.8. The largest absolute Gasteiger partial charge is 0.482 e. The van der Waals surface area contributed by atoms with Gasteiger partial charge in [0.25, 0.3) is 5.91 Å². The zero-order chi connectivity index (χ0) is 23.4. The lowest BCUT2D eigenvalue weighted by Crippen LogP contribution is -2.20. The van der Waals surface area contributed by atoms with Crippen LogP contribution in [0.25, 0.3) is 5.82 Å². The number of imidazole rings is 1. The van der Waals surface area contributed by atoms with E-state index in [1.54, 1.807) is 61.7 Å². The monoisotopic (exact) mass is 483 g/mol. The van der Waals surface area contributed by atoms with Gasteiger partial charge in [0.2, 0.25) is 5.88 Å². The van der Waals surface area contributed by atoms with Gasteiger partial charge in [0, 0.05) is 29.2 Å². The van der Waals surface area contributed by atoms with Crippen LogP contribution in [0.1, 0.15) is 11.6 Å². The number of ether oxygens (including phenoxy) is 2. The van der Waals surface area contributed by atoms with Gasteiger partial charge in [-0.2, -0.15) is 4.98 Å². The Morgan fingerprint density at radius 2 is 1.85 bits per heavy atom. The smallest absolute Gasteiger partial charge is 0.262 e. The molecule has 2 aromatic heterocycles. The van der Waals surface area contributed by atoms with Gasteiger partial charge in [0.05, 0.1) is 5.02 Å². The van der Waals surface area contributed by atoms with Crippen molar-refractivity contribution in [3.63, 3.8) is 0 Å². The Kier molecular flexibility index (Phi) is 6.76. The first-order valence-electron chi connectivity index (χ1n) is 9.89. The van der Waals surface area contributed by atoms with Crippen LogP contribution in [0.3, 0.4) is 0 Å². The maximum absolute atomic E-state index is 12.2. The molecule has 0 atom stereocenters. The van der Waals surface area contributed by atoms with Gasteiger partial charge in [0.1, 0.15) is 29.0 Å². The van der Waals surface area contributed by atoms with Crippen molar-refractivity contribution in [3.05, 3.63) is 82.6 Å². The average Bonchev–Trinajstić information content (AvgIpc) is 3.20. The molecule has 0 fully saturated rings. The highest BCUT2D eigenvalue weighted by Crippen LogP contribution is 2.27. The molecule has 4 rings (SSSR count). The minimum absolute atomic E-state index is 0.198. The van der Waals surface area contributed by atoms with Crippen LogP contribution in [0, 0.1) is 13.8 Å². The SMILES string of the molecule is Cc1nc(Oc2ccc(NC(=O)COc3ccc(Cl)cc3Cl)cc2)cc(-n2ccnc2C)n1. The van der Waals surface area contributed by atoms with E-state index >= 15 is 0 Å². The van der Waals surface area contributed by atoms with Crippen LogP contribution in [-0.2, 0) is 4.79 Å². The van der Waals surface area contributed by atoms with Crippen molar-refractivity contribution in [1.29, 1.82) is 0 Å². The van der Waals surface area contributed by atoms with Gasteiger partial charge in [-0.25, -0.2) is 9.97 Å². The first-order valence-corrected chi connectivity index (χ1v) is 10.6. The Hall–Kier alpha value is -3.62. The lowest BCUT2D eigenvalue weighted by atomic mass is 10.3. The predicted octanol–water partition coefficient (Wildman–Crippen LogP) is 5.40. The number of anilines is 1. The third-order valence-corrected chi connectivity index (χ3v) is 5.02. The molecule has 0 bridgehead atoms. The van der Waals surface area contributed by atoms with E-state index in [2.05, 4.69) is 20.3 Å². The number of nitrogens with zero attached hydrogens (tertiary/aromatic N) is 4. The second kappa shape index (κ2) is 9.89. The summed E-state index contributed by atoms with van der Waals surface area (Å²) in [4.78, 5) is 25.2. The van der Waals surface area contributed by atoms with Crippen LogP contribution < -0.4 is 14.8 Å². The Morgan fingerprint density at radius 3 is 2.55 bits per heavy atom. The summed E-state index contributed by atoms with van der Waals surface area (Å²) in [5, 5.41) is 3.58. The third-order valence-electron chi connectivity index (χ3n) is 4.49. The summed E-state index contributed by atoms with van der Waals surface area (Å²) < 4.78 is 13.2. The standard InChI is InChI=1S/C23H19Cl2N5O3/c1-14-27-21(30-10-9-26-15(30)2)12-23(28-14)33-18-6-4-17(5-7-18)29-22(31)13-32-20-8-3-16(24)11-19(20)25/h3-12H,13H2,1-2H3,(H,29,31). The summed E-state index contributed by atoms with van der Waals surface area (Å²) in [6.45, 7) is 3.48. The topological polar surface area (TPSA) is 91.2 Å². The molecule has 0 saturated carbocycles. The van der Waals surface area contributed by atoms with Gasteiger partial charge < -0.3 is 14.8 Å². The molecule has 168 valence electrons. The molecule has 2 aromatic carbocycles. The van der Waals surface area contributed by atoms with Gasteiger partial charge in [-0.1, -0.05) is 23.2 Å². The van der Waals surface area contributed by atoms with Crippen LogP contribution in [-0.4, -0.2) is 32.0 Å². The zero-order valence-corrected chi connectivity index (χ0v) is 19.3. The third kappa shape index (κ3) is 5.79. The van der Waals surface area contributed by atoms with Crippen molar-refractivity contribution >= 4 is 34.8 Å². The second-order valence-electron chi connectivity index (χ2n) is 6.99. The molecule has 0 unspecified atom stereocenters. The Bertz CT molecular complexity index is 1290. The molecule has 0 saturated heterocycles. The lowest BCUT2D eigenvalue weighted by molar-refractivity contribution is -0.118. The molecule has 10 heteroatoms. The maximum Gasteiger partial charge on any atom is 0.262 e. The minimum atomic E-state index is -0.332. The number of halogens is 2. The van der Waals surface area contributed by atoms with Gasteiger partial charge >= 0.3 is 0 Å². The first-order chi connectivity index (χ1) is 15.9. The number of benzene rings is 2. The number of hydrogen-bond acceptors (Lipinski definition) is 6. The molecule has 8 nitrogen and oxygen atoms in total. The van der Waals surface area contributed by atoms with Gasteiger partial charge in [0.15, 0.2) is 6.61 Å². The van der Waals surface area contributed by atoms with Gasteiger partial charge in [-0.05, 0) is 56.3 Å². The van der Waals surface area contributed by atoms with Crippen molar-refractivity contribution < 1.29 is 14.3 Å². The molecule has 1 N–H and O–H groups in total. The van der Waals surface area contributed by atoms with E-state index in [0.717, 1.165) is 5.82 Å². The van der Waals surface area contributed by atoms with Crippen molar-refractivity contribution in [2.45, 2.75) is 13.8 Å². The van der Waals surface area contributed by atoms with E-state index in [1.165, 1.54) is 0 Å². The summed E-state index contributed by atoms with van der Waals surface area (Å²) in [6.07, 6.45) is 3.53. The fraction of sp³-hybridized carbons (Fsp3) is 0.130. The van der Waals surface area contributed by atoms with E-state index in [0.29, 0.717) is 44.8 Å². The number of hydrogen-bond donors (Lipinski definition) is 1. The molecule has 0 radical (unpaired) electrons. The van der Waals surface area contributed by atoms with Crippen LogP contribution in [0.5, 0.6) is 17.4 Å². The van der Waals surface area contributed by atoms with Gasteiger partial charge in [-0.3, -0.25) is 9.36 Å². The predicted molar refractivity (Wildman–Crippen MR) is 126 cm³/mol. The van der Waals surface area contributed by atoms with Crippen LogP contribution in [0.4, 0.5) is 5.69 Å². The van der Waals surface area contributed by atoms with E-state index < -0.39 is 0 Å². The summed E-state index contributed by atoms with van der Waals surface area (Å²) in [5.74, 6) is 3.05. The van der Waals surface area contributed by atoms with E-state index in [1.807, 2.05) is 17.7 Å². The van der Waals surface area contributed by atoms with Crippen molar-refractivity contribution in [3.8, 4) is 23.2 Å². The highest BCUT2D eigenvalue weighted by atomic mass is 35.5. The number of aryl methyl sites for hydroxylation is 2. The molecule has 2 heterocycles. The number of nitrogens with one attached hydrogen (secondary N) is 1. The normalized spacial score (nSPS) is 10.7. The average molecular weight is 484 g/mol. The molecule has 0 aliphatic rings. The summed E-state index contributed by atoms with van der Waals surface area (Å²) >= 11 is 11.9. The number of carbonyl (C=O) groups excluding carboxylic acids is 1. The lowest BCUT2D eigenvalue weighted by Gasteiger charge is -2.11. The quantitative estimate of drug-likeness (QED) is 0.378. The summed E-state index contributed by atoms with van der Waals surface area (Å²) in [5.41, 5.74) is 0.590. The van der Waals surface area contributed by atoms with Crippen LogP contribution in [0.2, 0.25) is 10.0 Å². The number of aromatic nitrogens is 4. The maximum atomic E-state index is 12.2. The number of carbonyl (C=O) groups is 1. The molecule has 4 aromatic rings. The summed E-state index contributed by atoms with van der Waals surface area (Å²) in [6, 6.07) is 13.4. The molecule has 0 aliphatic heterocycles. The Morgan fingerprint density at radius 1 is 1.06 bits per heavy atom. The van der Waals surface area contributed by atoms with Crippen molar-refractivity contribution in [2.24, 2.45) is 0 Å². The van der Waals surface area contributed by atoms with E-state index in [4.69, 9.17) is 32.7 Å². The van der Waals surface area contributed by atoms with E-state index in [9.17, 15) is 4.79 Å². The van der Waals surface area contributed by atoms with E-state index in [-0.39, 0.29) is 12.5 Å². The number of amides is 1. The Balaban J connectivity index is 1.37. The van der Waals surface area contributed by atoms with Crippen molar-refractivity contribution in [2.75, 3.05) is 11.9 Å².